The van der Waals surface area contributed by atoms with Gasteiger partial charge in [0.1, 0.15) is 11.3 Å². The lowest BCUT2D eigenvalue weighted by atomic mass is 10.3. The van der Waals surface area contributed by atoms with Gasteiger partial charge in [-0.25, -0.2) is 23.1 Å². The molecule has 2 heterocycles. The molecule has 3 aromatic rings. The molecule has 8 heteroatoms. The van der Waals surface area contributed by atoms with Crippen LogP contribution in [0.25, 0.3) is 11.2 Å². The highest BCUT2D eigenvalue weighted by atomic mass is 35.5. The molecule has 1 N–H and O–H groups in total. The molecule has 24 heavy (non-hydrogen) atoms. The number of rotatable bonds is 5. The molecule has 0 aliphatic carbocycles. The summed E-state index contributed by atoms with van der Waals surface area (Å²) in [5.74, 6) is 0.622. The fraction of sp³-hybridized carbons (Fsp3) is 0.250. The number of nitrogens with one attached hydrogen (secondary N) is 1. The van der Waals surface area contributed by atoms with Gasteiger partial charge in [-0.05, 0) is 50.2 Å². The first-order valence-corrected chi connectivity index (χ1v) is 9.31. The molecule has 0 radical (unpaired) electrons. The van der Waals surface area contributed by atoms with Crippen LogP contribution in [0.4, 0.5) is 0 Å². The highest BCUT2D eigenvalue weighted by Crippen LogP contribution is 2.20. The van der Waals surface area contributed by atoms with E-state index in [1.165, 1.54) is 12.1 Å². The van der Waals surface area contributed by atoms with Crippen LogP contribution >= 0.6 is 11.6 Å². The van der Waals surface area contributed by atoms with Crippen LogP contribution in [0.1, 0.15) is 25.7 Å². The van der Waals surface area contributed by atoms with Gasteiger partial charge in [0.15, 0.2) is 5.65 Å². The maximum Gasteiger partial charge on any atom is 0.240 e. The van der Waals surface area contributed by atoms with Crippen molar-refractivity contribution in [1.82, 2.24) is 19.3 Å². The first kappa shape index (κ1) is 16.9. The molecule has 3 rings (SSSR count). The standard InChI is InChI=1S/C16H17ClN4O2S/c1-11(2)21-15(20-14-4-3-9-18-16(14)21)10-19-24(22,23)13-7-5-12(17)6-8-13/h3-9,11,19H,10H2,1-2H3. The molecule has 2 aromatic heterocycles. The normalized spacial score (nSPS) is 12.2. The van der Waals surface area contributed by atoms with E-state index in [0.717, 1.165) is 11.2 Å². The maximum atomic E-state index is 12.4. The molecule has 0 amide bonds. The van der Waals surface area contributed by atoms with E-state index in [2.05, 4.69) is 14.7 Å². The van der Waals surface area contributed by atoms with E-state index in [4.69, 9.17) is 11.6 Å². The quantitative estimate of drug-likeness (QED) is 0.754. The van der Waals surface area contributed by atoms with E-state index in [1.807, 2.05) is 30.5 Å². The third kappa shape index (κ3) is 3.28. The molecular weight excluding hydrogens is 348 g/mol. The van der Waals surface area contributed by atoms with E-state index in [0.29, 0.717) is 10.8 Å². The van der Waals surface area contributed by atoms with Crippen molar-refractivity contribution in [3.63, 3.8) is 0 Å². The number of imidazole rings is 1. The predicted molar refractivity (Wildman–Crippen MR) is 93.4 cm³/mol. The Morgan fingerprint density at radius 2 is 1.92 bits per heavy atom. The fourth-order valence-corrected chi connectivity index (χ4v) is 3.61. The van der Waals surface area contributed by atoms with Gasteiger partial charge in [0.05, 0.1) is 11.4 Å². The number of benzene rings is 1. The first-order chi connectivity index (χ1) is 11.4. The Morgan fingerprint density at radius 1 is 1.21 bits per heavy atom. The van der Waals surface area contributed by atoms with Crippen molar-refractivity contribution in [3.05, 3.63) is 53.4 Å². The highest BCUT2D eigenvalue weighted by molar-refractivity contribution is 7.89. The molecule has 0 aliphatic rings. The van der Waals surface area contributed by atoms with Gasteiger partial charge in [-0.1, -0.05) is 11.6 Å². The summed E-state index contributed by atoms with van der Waals surface area (Å²) in [5, 5.41) is 0.488. The number of sulfonamides is 1. The van der Waals surface area contributed by atoms with Gasteiger partial charge in [-0.15, -0.1) is 0 Å². The van der Waals surface area contributed by atoms with Gasteiger partial charge in [0, 0.05) is 17.3 Å². The zero-order valence-corrected chi connectivity index (χ0v) is 14.8. The van der Waals surface area contributed by atoms with Crippen molar-refractivity contribution in [2.45, 2.75) is 31.3 Å². The average Bonchev–Trinajstić information content (AvgIpc) is 2.92. The van der Waals surface area contributed by atoms with Crippen LogP contribution in [-0.2, 0) is 16.6 Å². The first-order valence-electron chi connectivity index (χ1n) is 7.45. The lowest BCUT2D eigenvalue weighted by Gasteiger charge is -2.13. The second-order valence-corrected chi connectivity index (χ2v) is 7.82. The van der Waals surface area contributed by atoms with Gasteiger partial charge in [-0.3, -0.25) is 0 Å². The summed E-state index contributed by atoms with van der Waals surface area (Å²) in [6, 6.07) is 9.81. The Balaban J connectivity index is 1.90. The Labute approximate surface area is 145 Å². The van der Waals surface area contributed by atoms with Crippen LogP contribution in [0.2, 0.25) is 5.02 Å². The van der Waals surface area contributed by atoms with Crippen molar-refractivity contribution < 1.29 is 8.42 Å². The number of aromatic nitrogens is 3. The molecule has 1 aromatic carbocycles. The summed E-state index contributed by atoms with van der Waals surface area (Å²) < 4.78 is 29.3. The Hall–Kier alpha value is -1.96. The van der Waals surface area contributed by atoms with Gasteiger partial charge < -0.3 is 4.57 Å². The third-order valence-corrected chi connectivity index (χ3v) is 5.25. The molecule has 0 spiro atoms. The molecule has 0 bridgehead atoms. The highest BCUT2D eigenvalue weighted by Gasteiger charge is 2.18. The number of pyridine rings is 1. The number of nitrogens with zero attached hydrogens (tertiary/aromatic N) is 3. The molecular formula is C16H17ClN4O2S. The monoisotopic (exact) mass is 364 g/mol. The molecule has 0 atom stereocenters. The van der Waals surface area contributed by atoms with Crippen LogP contribution in [0.3, 0.4) is 0 Å². The largest absolute Gasteiger partial charge is 0.309 e. The fourth-order valence-electron chi connectivity index (χ4n) is 2.50. The summed E-state index contributed by atoms with van der Waals surface area (Å²) in [6.45, 7) is 4.10. The molecule has 6 nitrogen and oxygen atoms in total. The molecule has 0 fully saturated rings. The summed E-state index contributed by atoms with van der Waals surface area (Å²) in [4.78, 5) is 9.01. The van der Waals surface area contributed by atoms with E-state index in [1.54, 1.807) is 18.3 Å². The summed E-state index contributed by atoms with van der Waals surface area (Å²) in [5.41, 5.74) is 1.49. The van der Waals surface area contributed by atoms with Crippen molar-refractivity contribution >= 4 is 32.8 Å². The SMILES string of the molecule is CC(C)n1c(CNS(=O)(=O)c2ccc(Cl)cc2)nc2cccnc21. The van der Waals surface area contributed by atoms with Crippen LogP contribution < -0.4 is 4.72 Å². The summed E-state index contributed by atoms with van der Waals surface area (Å²) in [7, 11) is -3.64. The van der Waals surface area contributed by atoms with Gasteiger partial charge in [-0.2, -0.15) is 0 Å². The van der Waals surface area contributed by atoms with Crippen LogP contribution in [0.5, 0.6) is 0 Å². The minimum atomic E-state index is -3.64. The predicted octanol–water partition coefficient (Wildman–Crippen LogP) is 3.14. The van der Waals surface area contributed by atoms with E-state index < -0.39 is 10.0 Å². The summed E-state index contributed by atoms with van der Waals surface area (Å²) >= 11 is 5.80. The molecule has 126 valence electrons. The van der Waals surface area contributed by atoms with Crippen LogP contribution in [0.15, 0.2) is 47.5 Å². The zero-order valence-electron chi connectivity index (χ0n) is 13.3. The van der Waals surface area contributed by atoms with Crippen molar-refractivity contribution in [3.8, 4) is 0 Å². The molecule has 0 aliphatic heterocycles. The van der Waals surface area contributed by atoms with Crippen molar-refractivity contribution in [1.29, 1.82) is 0 Å². The van der Waals surface area contributed by atoms with Gasteiger partial charge in [0.25, 0.3) is 0 Å². The lowest BCUT2D eigenvalue weighted by molar-refractivity contribution is 0.556. The number of hydrogen-bond donors (Lipinski definition) is 1. The topological polar surface area (TPSA) is 76.9 Å². The van der Waals surface area contributed by atoms with Gasteiger partial charge >= 0.3 is 0 Å². The van der Waals surface area contributed by atoms with Gasteiger partial charge in [0.2, 0.25) is 10.0 Å². The zero-order chi connectivity index (χ0) is 17.3. The minimum absolute atomic E-state index is 0.0828. The van der Waals surface area contributed by atoms with E-state index in [9.17, 15) is 8.42 Å². The number of halogens is 1. The summed E-state index contributed by atoms with van der Waals surface area (Å²) in [6.07, 6.45) is 1.70. The minimum Gasteiger partial charge on any atom is -0.309 e. The van der Waals surface area contributed by atoms with Crippen LogP contribution in [-0.4, -0.2) is 23.0 Å². The van der Waals surface area contributed by atoms with Crippen molar-refractivity contribution in [2.75, 3.05) is 0 Å². The lowest BCUT2D eigenvalue weighted by Crippen LogP contribution is -2.25. The van der Waals surface area contributed by atoms with Crippen LogP contribution in [0, 0.1) is 0 Å². The maximum absolute atomic E-state index is 12.4. The molecule has 0 saturated heterocycles. The number of fused-ring (bicyclic) bond motifs is 1. The van der Waals surface area contributed by atoms with Crippen molar-refractivity contribution in [2.24, 2.45) is 0 Å². The number of hydrogen-bond acceptors (Lipinski definition) is 4. The Morgan fingerprint density at radius 3 is 2.58 bits per heavy atom. The molecule has 0 saturated carbocycles. The second kappa shape index (κ2) is 6.51. The Bertz CT molecular complexity index is 965. The smallest absolute Gasteiger partial charge is 0.240 e. The second-order valence-electron chi connectivity index (χ2n) is 5.62. The average molecular weight is 365 g/mol. The Kier molecular flexibility index (Phi) is 4.58. The molecule has 0 unspecified atom stereocenters. The van der Waals surface area contributed by atoms with E-state index in [-0.39, 0.29) is 17.5 Å². The van der Waals surface area contributed by atoms with E-state index >= 15 is 0 Å². The third-order valence-electron chi connectivity index (χ3n) is 3.58.